The summed E-state index contributed by atoms with van der Waals surface area (Å²) in [5, 5.41) is 1.13. The summed E-state index contributed by atoms with van der Waals surface area (Å²) in [4.78, 5) is 24.1. The molecule has 0 saturated heterocycles. The van der Waals surface area contributed by atoms with Crippen LogP contribution in [0.15, 0.2) is 10.4 Å². The van der Waals surface area contributed by atoms with E-state index in [1.165, 1.54) is 14.2 Å². The minimum atomic E-state index is -1.98. The van der Waals surface area contributed by atoms with Crippen LogP contribution in [0, 0.1) is 0 Å². The minimum Gasteiger partial charge on any atom is -0.466 e. The van der Waals surface area contributed by atoms with Gasteiger partial charge in [0.05, 0.1) is 30.4 Å². The molecule has 0 radical (unpaired) electrons. The molecule has 0 fully saturated rings. The summed E-state index contributed by atoms with van der Waals surface area (Å²) in [5.41, 5.74) is 0. The van der Waals surface area contributed by atoms with Crippen molar-refractivity contribution in [3.05, 3.63) is 10.4 Å². The lowest BCUT2D eigenvalue weighted by atomic mass is 10.5. The Morgan fingerprint density at radius 3 is 1.00 bits per heavy atom. The van der Waals surface area contributed by atoms with E-state index in [1.54, 1.807) is 0 Å². The van der Waals surface area contributed by atoms with Crippen molar-refractivity contribution < 1.29 is 19.1 Å². The van der Waals surface area contributed by atoms with Crippen LogP contribution in [0.5, 0.6) is 0 Å². The molecular weight excluding hydrogens is 264 g/mol. The Morgan fingerprint density at radius 2 is 0.889 bits per heavy atom. The number of carbonyl (C=O) groups is 2. The summed E-state index contributed by atoms with van der Waals surface area (Å²) in [5.74, 6) is -0.783. The van der Waals surface area contributed by atoms with Crippen LogP contribution in [0.25, 0.3) is 0 Å². The Labute approximate surface area is 111 Å². The number of carbonyl (C=O) groups excluding carboxylic acids is 2. The van der Waals surface area contributed by atoms with Crippen LogP contribution < -0.4 is 0 Å². The zero-order chi connectivity index (χ0) is 14.7. The second-order valence-electron chi connectivity index (χ2n) is 6.23. The van der Waals surface area contributed by atoms with Crippen LogP contribution in [-0.4, -0.2) is 42.3 Å². The molecule has 0 aromatic carbocycles. The molecule has 0 saturated carbocycles. The van der Waals surface area contributed by atoms with Crippen LogP contribution in [0.1, 0.15) is 0 Å². The van der Waals surface area contributed by atoms with Crippen LogP contribution in [0.2, 0.25) is 39.3 Å². The highest BCUT2D eigenvalue weighted by atomic mass is 28.3. The van der Waals surface area contributed by atoms with E-state index in [9.17, 15) is 9.59 Å². The molecule has 0 rings (SSSR count). The predicted octanol–water partition coefficient (Wildman–Crippen LogP) is 2.38. The van der Waals surface area contributed by atoms with Gasteiger partial charge in [0.15, 0.2) is 0 Å². The zero-order valence-corrected chi connectivity index (χ0v) is 14.6. The summed E-state index contributed by atoms with van der Waals surface area (Å²) < 4.78 is 9.72. The lowest BCUT2D eigenvalue weighted by molar-refractivity contribution is -0.138. The first-order valence-electron chi connectivity index (χ1n) is 5.88. The van der Waals surface area contributed by atoms with Crippen molar-refractivity contribution in [2.24, 2.45) is 0 Å². The standard InChI is InChI=1S/C12H24O4Si2/c1-15-11(13)9(17(3,4)5)10(12(14)16-2)18(6,7)8/h1-8H3/b10-9+. The molecule has 0 heterocycles. The maximum absolute atomic E-state index is 12.0. The van der Waals surface area contributed by atoms with Gasteiger partial charge in [0.1, 0.15) is 0 Å². The summed E-state index contributed by atoms with van der Waals surface area (Å²) in [6.07, 6.45) is 0. The number of hydrogen-bond acceptors (Lipinski definition) is 4. The number of esters is 2. The van der Waals surface area contributed by atoms with Gasteiger partial charge in [0.2, 0.25) is 0 Å². The van der Waals surface area contributed by atoms with Crippen molar-refractivity contribution in [2.45, 2.75) is 39.3 Å². The molecule has 18 heavy (non-hydrogen) atoms. The van der Waals surface area contributed by atoms with Gasteiger partial charge in [-0.1, -0.05) is 39.3 Å². The van der Waals surface area contributed by atoms with Gasteiger partial charge in [0.25, 0.3) is 0 Å². The average molecular weight is 288 g/mol. The Kier molecular flexibility index (Phi) is 5.55. The third kappa shape index (κ3) is 4.10. The highest BCUT2D eigenvalue weighted by Gasteiger charge is 2.39. The quantitative estimate of drug-likeness (QED) is 0.453. The molecule has 0 bridgehead atoms. The molecule has 6 heteroatoms. The summed E-state index contributed by atoms with van der Waals surface area (Å²) in [7, 11) is -1.27. The van der Waals surface area contributed by atoms with Crippen LogP contribution in [0.4, 0.5) is 0 Å². The number of ether oxygens (including phenoxy) is 2. The highest BCUT2D eigenvalue weighted by molar-refractivity contribution is 6.94. The van der Waals surface area contributed by atoms with Gasteiger partial charge in [-0.15, -0.1) is 0 Å². The van der Waals surface area contributed by atoms with Crippen molar-refractivity contribution in [3.63, 3.8) is 0 Å². The molecule has 0 amide bonds. The van der Waals surface area contributed by atoms with E-state index < -0.39 is 28.1 Å². The van der Waals surface area contributed by atoms with Gasteiger partial charge in [-0.25, -0.2) is 9.59 Å². The molecule has 0 aromatic rings. The summed E-state index contributed by atoms with van der Waals surface area (Å²) in [6, 6.07) is 0. The molecule has 0 spiro atoms. The van der Waals surface area contributed by atoms with Crippen LogP contribution in [-0.2, 0) is 19.1 Å². The minimum absolute atomic E-state index is 0.392. The fraction of sp³-hybridized carbons (Fsp3) is 0.667. The first kappa shape index (κ1) is 17.1. The Hall–Kier alpha value is -0.886. The average Bonchev–Trinajstić information content (AvgIpc) is 2.20. The third-order valence-electron chi connectivity index (χ3n) is 2.53. The van der Waals surface area contributed by atoms with Crippen LogP contribution in [0.3, 0.4) is 0 Å². The normalized spacial score (nSPS) is 13.8. The smallest absolute Gasteiger partial charge is 0.329 e. The van der Waals surface area contributed by atoms with Crippen molar-refractivity contribution >= 4 is 28.1 Å². The van der Waals surface area contributed by atoms with E-state index in [0.29, 0.717) is 10.4 Å². The predicted molar refractivity (Wildman–Crippen MR) is 77.8 cm³/mol. The maximum atomic E-state index is 12.0. The van der Waals surface area contributed by atoms with E-state index >= 15 is 0 Å². The zero-order valence-electron chi connectivity index (χ0n) is 12.6. The topological polar surface area (TPSA) is 52.6 Å². The molecule has 0 aliphatic heterocycles. The number of methoxy groups -OCH3 is 2. The third-order valence-corrected chi connectivity index (χ3v) is 6.69. The van der Waals surface area contributed by atoms with Gasteiger partial charge in [0, 0.05) is 10.4 Å². The molecular formula is C12H24O4Si2. The second-order valence-corrected chi connectivity index (χ2v) is 16.2. The number of hydrogen-bond donors (Lipinski definition) is 0. The van der Waals surface area contributed by atoms with Crippen molar-refractivity contribution in [2.75, 3.05) is 14.2 Å². The van der Waals surface area contributed by atoms with E-state index in [-0.39, 0.29) is 0 Å². The van der Waals surface area contributed by atoms with E-state index in [4.69, 9.17) is 9.47 Å². The lowest BCUT2D eigenvalue weighted by Crippen LogP contribution is -2.41. The molecule has 4 nitrogen and oxygen atoms in total. The Bertz CT molecular complexity index is 337. The van der Waals surface area contributed by atoms with Gasteiger partial charge >= 0.3 is 11.9 Å². The summed E-state index contributed by atoms with van der Waals surface area (Å²) in [6.45, 7) is 12.2. The Balaban J connectivity index is 6.21. The molecule has 0 atom stereocenters. The first-order valence-corrected chi connectivity index (χ1v) is 12.9. The molecule has 0 aliphatic carbocycles. The fourth-order valence-corrected chi connectivity index (χ4v) is 7.15. The van der Waals surface area contributed by atoms with Crippen molar-refractivity contribution in [1.82, 2.24) is 0 Å². The SMILES string of the molecule is COC(=O)/C(=C(/C(=O)OC)[Si](C)(C)C)[Si](C)(C)C. The van der Waals surface area contributed by atoms with Gasteiger partial charge in [-0.05, 0) is 0 Å². The molecule has 0 unspecified atom stereocenters. The molecule has 104 valence electrons. The molecule has 0 aromatic heterocycles. The monoisotopic (exact) mass is 288 g/mol. The van der Waals surface area contributed by atoms with Crippen molar-refractivity contribution in [1.29, 1.82) is 0 Å². The molecule has 0 aliphatic rings. The molecule has 0 N–H and O–H groups in total. The Morgan fingerprint density at radius 1 is 0.667 bits per heavy atom. The van der Waals surface area contributed by atoms with E-state index in [1.807, 2.05) is 39.3 Å². The van der Waals surface area contributed by atoms with Gasteiger partial charge < -0.3 is 9.47 Å². The van der Waals surface area contributed by atoms with Gasteiger partial charge in [-0.2, -0.15) is 0 Å². The van der Waals surface area contributed by atoms with Crippen LogP contribution >= 0.6 is 0 Å². The van der Waals surface area contributed by atoms with Gasteiger partial charge in [-0.3, -0.25) is 0 Å². The summed E-state index contributed by atoms with van der Waals surface area (Å²) >= 11 is 0. The van der Waals surface area contributed by atoms with E-state index in [2.05, 4.69) is 0 Å². The highest BCUT2D eigenvalue weighted by Crippen LogP contribution is 2.27. The first-order chi connectivity index (χ1) is 7.96. The van der Waals surface area contributed by atoms with E-state index in [0.717, 1.165) is 0 Å². The number of rotatable bonds is 4. The second kappa shape index (κ2) is 5.84. The largest absolute Gasteiger partial charge is 0.466 e. The van der Waals surface area contributed by atoms with Crippen molar-refractivity contribution in [3.8, 4) is 0 Å². The fourth-order valence-electron chi connectivity index (χ4n) is 1.77. The lowest BCUT2D eigenvalue weighted by Gasteiger charge is -2.28. The maximum Gasteiger partial charge on any atom is 0.329 e.